The van der Waals surface area contributed by atoms with Crippen molar-refractivity contribution in [2.75, 3.05) is 13.2 Å². The first-order valence-corrected chi connectivity index (χ1v) is 14.5. The lowest BCUT2D eigenvalue weighted by molar-refractivity contribution is -0.141. The minimum Gasteiger partial charge on any atom is -0.448 e. The van der Waals surface area contributed by atoms with E-state index in [0.29, 0.717) is 17.6 Å². The Balaban J connectivity index is 1.43. The zero-order valence-electron chi connectivity index (χ0n) is 22.7. The maximum atomic E-state index is 13.8. The molecule has 1 aromatic carbocycles. The number of allylic oxidation sites excluding steroid dienone is 1. The fourth-order valence-corrected chi connectivity index (χ4v) is 6.45. The molecular formula is C26H35N4O9P. The standard InChI is InChI=1S/C26H35N4O9P/c1-13(2)11-17(29-18(31)12-14(3)15-5-7-16(8-6-15)39-40(35,36)37)24(33)30-21(19-20-22(30)26(19,20)4)23(32)28-9-10-38-25(27)34/h5-8,12-13,17,19-22H,9-11H2,1-4H3,(H2,27,34)(H,28,32)(H,29,31)(H2,35,36,37)/b14-12+/t17-,19+,20-,21-,22?,26-/m0/s1. The van der Waals surface area contributed by atoms with Gasteiger partial charge in [-0.3, -0.25) is 24.2 Å². The van der Waals surface area contributed by atoms with Gasteiger partial charge in [0, 0.05) is 18.0 Å². The molecule has 2 saturated carbocycles. The van der Waals surface area contributed by atoms with Crippen molar-refractivity contribution in [2.45, 2.75) is 52.2 Å². The lowest BCUT2D eigenvalue weighted by Crippen LogP contribution is -2.54. The number of hydrogen-bond donors (Lipinski definition) is 5. The summed E-state index contributed by atoms with van der Waals surface area (Å²) in [4.78, 5) is 70.1. The monoisotopic (exact) mass is 578 g/mol. The largest absolute Gasteiger partial charge is 0.524 e. The van der Waals surface area contributed by atoms with Crippen LogP contribution >= 0.6 is 7.82 Å². The highest BCUT2D eigenvalue weighted by Gasteiger charge is 2.94. The molecule has 0 spiro atoms. The molecule has 0 aromatic heterocycles. The van der Waals surface area contributed by atoms with E-state index in [1.807, 2.05) is 13.8 Å². The van der Waals surface area contributed by atoms with Crippen LogP contribution in [0.1, 0.15) is 39.7 Å². The molecule has 4 fully saturated rings. The topological polar surface area (TPSA) is 198 Å². The molecule has 0 radical (unpaired) electrons. The first-order valence-electron chi connectivity index (χ1n) is 13.0. The van der Waals surface area contributed by atoms with E-state index < -0.39 is 31.9 Å². The molecule has 6 N–H and O–H groups in total. The van der Waals surface area contributed by atoms with Crippen LogP contribution in [-0.2, 0) is 23.7 Å². The number of carbonyl (C=O) groups excluding carboxylic acids is 4. The molecule has 14 heteroatoms. The molecular weight excluding hydrogens is 543 g/mol. The number of phosphoric acid groups is 1. The first-order chi connectivity index (χ1) is 18.6. The summed E-state index contributed by atoms with van der Waals surface area (Å²) in [6.07, 6.45) is 0.787. The Morgan fingerprint density at radius 2 is 1.80 bits per heavy atom. The number of benzene rings is 1. The molecule has 2 saturated heterocycles. The van der Waals surface area contributed by atoms with E-state index in [9.17, 15) is 23.7 Å². The third-order valence-corrected chi connectivity index (χ3v) is 8.34. The van der Waals surface area contributed by atoms with Crippen LogP contribution < -0.4 is 20.9 Å². The van der Waals surface area contributed by atoms with E-state index in [2.05, 4.69) is 26.8 Å². The van der Waals surface area contributed by atoms with Crippen molar-refractivity contribution in [1.82, 2.24) is 15.5 Å². The van der Waals surface area contributed by atoms with Crippen LogP contribution in [-0.4, -0.2) is 69.8 Å². The van der Waals surface area contributed by atoms with Gasteiger partial charge in [-0.25, -0.2) is 9.36 Å². The van der Waals surface area contributed by atoms with Crippen LogP contribution in [0, 0.1) is 23.2 Å². The van der Waals surface area contributed by atoms with Crippen LogP contribution in [0.5, 0.6) is 5.75 Å². The summed E-state index contributed by atoms with van der Waals surface area (Å²) in [5.74, 6) is -0.717. The van der Waals surface area contributed by atoms with Crippen molar-refractivity contribution in [2.24, 2.45) is 28.9 Å². The van der Waals surface area contributed by atoms with Crippen LogP contribution in [0.15, 0.2) is 30.3 Å². The minimum absolute atomic E-state index is 0.0178. The Kier molecular flexibility index (Phi) is 8.04. The van der Waals surface area contributed by atoms with E-state index in [0.717, 1.165) is 0 Å². The van der Waals surface area contributed by atoms with Gasteiger partial charge in [0.15, 0.2) is 0 Å². The fourth-order valence-electron chi connectivity index (χ4n) is 6.05. The number of nitrogens with zero attached hydrogens (tertiary/aromatic N) is 1. The van der Waals surface area contributed by atoms with E-state index in [4.69, 9.17) is 15.5 Å². The van der Waals surface area contributed by atoms with Gasteiger partial charge in [0.1, 0.15) is 24.4 Å². The van der Waals surface area contributed by atoms with Gasteiger partial charge >= 0.3 is 13.9 Å². The molecule has 13 nitrogen and oxygen atoms in total. The number of primary amides is 1. The summed E-state index contributed by atoms with van der Waals surface area (Å²) >= 11 is 0. The predicted octanol–water partition coefficient (Wildman–Crippen LogP) is 1.15. The van der Waals surface area contributed by atoms with Crippen LogP contribution in [0.3, 0.4) is 0 Å². The highest BCUT2D eigenvalue weighted by atomic mass is 31.2. The van der Waals surface area contributed by atoms with Crippen LogP contribution in [0.2, 0.25) is 0 Å². The average molecular weight is 579 g/mol. The fraction of sp³-hybridized carbons (Fsp3) is 0.538. The second kappa shape index (κ2) is 10.9. The van der Waals surface area contributed by atoms with Crippen LogP contribution in [0.4, 0.5) is 4.79 Å². The van der Waals surface area contributed by atoms with Gasteiger partial charge in [0.05, 0.1) is 6.54 Å². The smallest absolute Gasteiger partial charge is 0.448 e. The second-order valence-corrected chi connectivity index (χ2v) is 12.3. The number of carbonyl (C=O) groups is 4. The number of phosphoric ester groups is 1. The summed E-state index contributed by atoms with van der Waals surface area (Å²) < 4.78 is 20.2. The van der Waals surface area contributed by atoms with Gasteiger partial charge in [0.2, 0.25) is 17.7 Å². The summed E-state index contributed by atoms with van der Waals surface area (Å²) in [5.41, 5.74) is 6.05. The zero-order chi connectivity index (χ0) is 29.6. The maximum absolute atomic E-state index is 13.8. The molecule has 6 atom stereocenters. The Labute approximate surface area is 231 Å². The summed E-state index contributed by atoms with van der Waals surface area (Å²) in [6, 6.07) is 4.33. The van der Waals surface area contributed by atoms with E-state index in [1.165, 1.54) is 18.2 Å². The van der Waals surface area contributed by atoms with Crippen LogP contribution in [0.25, 0.3) is 5.57 Å². The number of ether oxygens (including phenoxy) is 1. The van der Waals surface area contributed by atoms with Crippen molar-refractivity contribution in [1.29, 1.82) is 0 Å². The number of hydrogen-bond acceptors (Lipinski definition) is 7. The molecule has 1 aromatic rings. The lowest BCUT2D eigenvalue weighted by atomic mass is 10.0. The van der Waals surface area contributed by atoms with Crippen molar-refractivity contribution >= 4 is 37.2 Å². The third-order valence-electron chi connectivity index (χ3n) is 7.89. The summed E-state index contributed by atoms with van der Waals surface area (Å²) in [6.45, 7) is 7.63. The van der Waals surface area contributed by atoms with E-state index in [-0.39, 0.29) is 59.9 Å². The number of rotatable bonds is 12. The van der Waals surface area contributed by atoms with Gasteiger partial charge in [-0.2, -0.15) is 0 Å². The molecule has 1 unspecified atom stereocenters. The van der Waals surface area contributed by atoms with Gasteiger partial charge < -0.3 is 30.5 Å². The molecule has 2 heterocycles. The number of piperidine rings is 1. The molecule has 2 aliphatic heterocycles. The Hall–Kier alpha value is -3.41. The summed E-state index contributed by atoms with van der Waals surface area (Å²) in [5, 5.41) is 5.53. The van der Waals surface area contributed by atoms with Crippen molar-refractivity contribution in [3.05, 3.63) is 35.9 Å². The Morgan fingerprint density at radius 3 is 2.35 bits per heavy atom. The molecule has 5 rings (SSSR count). The Bertz CT molecular complexity index is 1280. The third kappa shape index (κ3) is 6.01. The number of nitrogens with one attached hydrogen (secondary N) is 2. The average Bonchev–Trinajstić information content (AvgIpc) is 3.50. The quantitative estimate of drug-likeness (QED) is 0.137. The van der Waals surface area contributed by atoms with Crippen molar-refractivity contribution in [3.63, 3.8) is 0 Å². The van der Waals surface area contributed by atoms with E-state index in [1.54, 1.807) is 24.0 Å². The lowest BCUT2D eigenvalue weighted by Gasteiger charge is -2.29. The SMILES string of the molecule is C/C(=C\C(=O)N[C@@H](CC(C)C)C(=O)N1C2[C@@H]3[C@H]([C@H]1C(=O)NCCOC(N)=O)[C@]23C)c1ccc(OP(=O)(O)O)cc1. The second-order valence-electron chi connectivity index (χ2n) is 11.1. The first kappa shape index (κ1) is 29.6. The van der Waals surface area contributed by atoms with E-state index >= 15 is 0 Å². The predicted molar refractivity (Wildman–Crippen MR) is 142 cm³/mol. The molecule has 40 heavy (non-hydrogen) atoms. The van der Waals surface area contributed by atoms with Gasteiger partial charge in [0.25, 0.3) is 0 Å². The molecule has 4 amide bonds. The number of fused-ring (bicyclic) bond motifs is 1. The van der Waals surface area contributed by atoms with Crippen molar-refractivity contribution < 1.29 is 42.8 Å². The molecule has 2 aliphatic carbocycles. The van der Waals surface area contributed by atoms with Gasteiger partial charge in [-0.15, -0.1) is 0 Å². The highest BCUT2D eigenvalue weighted by Crippen LogP contribution is 2.87. The molecule has 4 aliphatic rings. The number of nitrogens with two attached hydrogens (primary N) is 1. The zero-order valence-corrected chi connectivity index (χ0v) is 23.6. The number of amides is 4. The normalized spacial score (nSPS) is 27.0. The highest BCUT2D eigenvalue weighted by molar-refractivity contribution is 7.46. The Morgan fingerprint density at radius 1 is 1.18 bits per heavy atom. The van der Waals surface area contributed by atoms with Crippen molar-refractivity contribution in [3.8, 4) is 5.75 Å². The van der Waals surface area contributed by atoms with Gasteiger partial charge in [-0.05, 0) is 53.9 Å². The van der Waals surface area contributed by atoms with Gasteiger partial charge in [-0.1, -0.05) is 32.9 Å². The maximum Gasteiger partial charge on any atom is 0.524 e. The minimum atomic E-state index is -4.68. The summed E-state index contributed by atoms with van der Waals surface area (Å²) in [7, 11) is -4.68. The molecule has 218 valence electrons. The molecule has 2 bridgehead atoms.